The van der Waals surface area contributed by atoms with Gasteiger partial charge in [-0.2, -0.15) is 0 Å². The fraction of sp³-hybridized carbons (Fsp3) is 0.947. The molecule has 1 heterocycles. The van der Waals surface area contributed by atoms with E-state index in [2.05, 4.69) is 9.80 Å². The second kappa shape index (κ2) is 8.48. The minimum absolute atomic E-state index is 0.342. The lowest BCUT2D eigenvalue weighted by molar-refractivity contribution is -0.139. The summed E-state index contributed by atoms with van der Waals surface area (Å²) >= 11 is 0. The summed E-state index contributed by atoms with van der Waals surface area (Å²) in [6, 6.07) is 1.38. The number of piperidine rings is 1. The predicted octanol–water partition coefficient (Wildman–Crippen LogP) is 2.90. The van der Waals surface area contributed by atoms with Gasteiger partial charge in [0.15, 0.2) is 0 Å². The average Bonchev–Trinajstić information content (AvgIpc) is 2.59. The molecule has 4 heteroatoms. The van der Waals surface area contributed by atoms with Crippen molar-refractivity contribution in [3.8, 4) is 0 Å². The lowest BCUT2D eigenvalue weighted by atomic mass is 9.88. The molecule has 23 heavy (non-hydrogen) atoms. The minimum atomic E-state index is 0.342. The Labute approximate surface area is 141 Å². The van der Waals surface area contributed by atoms with Gasteiger partial charge in [0.2, 0.25) is 5.91 Å². The topological polar surface area (TPSA) is 49.6 Å². The Morgan fingerprint density at radius 3 is 1.78 bits per heavy atom. The SMILES string of the molecule is NC1CCN(CC(=O)N(C2CCCCC2)C2CCCCC2)CC1. The molecule has 3 rings (SSSR count). The van der Waals surface area contributed by atoms with E-state index >= 15 is 0 Å². The molecule has 2 aliphatic carbocycles. The van der Waals surface area contributed by atoms with E-state index in [0.29, 0.717) is 30.6 Å². The molecule has 0 aromatic heterocycles. The molecular formula is C19H35N3O. The molecule has 2 N–H and O–H groups in total. The number of rotatable bonds is 4. The number of carbonyl (C=O) groups is 1. The fourth-order valence-corrected chi connectivity index (χ4v) is 4.81. The number of hydrogen-bond donors (Lipinski definition) is 1. The molecule has 1 saturated heterocycles. The van der Waals surface area contributed by atoms with Gasteiger partial charge in [-0.1, -0.05) is 38.5 Å². The first-order valence-corrected chi connectivity index (χ1v) is 10.0. The molecule has 3 aliphatic rings. The minimum Gasteiger partial charge on any atom is -0.336 e. The molecule has 0 radical (unpaired) electrons. The van der Waals surface area contributed by atoms with Crippen LogP contribution < -0.4 is 5.73 Å². The van der Waals surface area contributed by atoms with Crippen molar-refractivity contribution < 1.29 is 4.79 Å². The van der Waals surface area contributed by atoms with Crippen LogP contribution in [0, 0.1) is 0 Å². The summed E-state index contributed by atoms with van der Waals surface area (Å²) in [5, 5.41) is 0. The third-order valence-electron chi connectivity index (χ3n) is 6.22. The van der Waals surface area contributed by atoms with Crippen LogP contribution >= 0.6 is 0 Å². The monoisotopic (exact) mass is 321 g/mol. The molecule has 0 bridgehead atoms. The summed E-state index contributed by atoms with van der Waals surface area (Å²) in [5.74, 6) is 0.402. The van der Waals surface area contributed by atoms with Crippen molar-refractivity contribution in [1.82, 2.24) is 9.80 Å². The van der Waals surface area contributed by atoms with Crippen LogP contribution in [0.25, 0.3) is 0 Å². The second-order valence-electron chi connectivity index (χ2n) is 8.00. The molecule has 4 nitrogen and oxygen atoms in total. The van der Waals surface area contributed by atoms with Gasteiger partial charge in [-0.3, -0.25) is 9.69 Å². The van der Waals surface area contributed by atoms with Gasteiger partial charge in [-0.25, -0.2) is 0 Å². The zero-order valence-corrected chi connectivity index (χ0v) is 14.7. The van der Waals surface area contributed by atoms with E-state index in [1.807, 2.05) is 0 Å². The van der Waals surface area contributed by atoms with Crippen LogP contribution in [0.5, 0.6) is 0 Å². The highest BCUT2D eigenvalue weighted by atomic mass is 16.2. The summed E-state index contributed by atoms with van der Waals surface area (Å²) in [6.07, 6.45) is 14.9. The highest BCUT2D eigenvalue weighted by Gasteiger charge is 2.33. The Morgan fingerprint density at radius 1 is 0.826 bits per heavy atom. The molecule has 0 aromatic carbocycles. The molecule has 1 aliphatic heterocycles. The number of carbonyl (C=O) groups excluding carboxylic acids is 1. The van der Waals surface area contributed by atoms with E-state index in [-0.39, 0.29) is 0 Å². The van der Waals surface area contributed by atoms with Crippen LogP contribution in [0.2, 0.25) is 0 Å². The summed E-state index contributed by atoms with van der Waals surface area (Å²) in [5.41, 5.74) is 6.00. The predicted molar refractivity (Wildman–Crippen MR) is 94.2 cm³/mol. The Balaban J connectivity index is 1.62. The quantitative estimate of drug-likeness (QED) is 0.866. The van der Waals surface area contributed by atoms with Crippen molar-refractivity contribution >= 4 is 5.91 Å². The van der Waals surface area contributed by atoms with E-state index in [4.69, 9.17) is 5.73 Å². The highest BCUT2D eigenvalue weighted by molar-refractivity contribution is 5.79. The zero-order valence-electron chi connectivity index (χ0n) is 14.7. The zero-order chi connectivity index (χ0) is 16.1. The average molecular weight is 322 g/mol. The maximum Gasteiger partial charge on any atom is 0.237 e. The van der Waals surface area contributed by atoms with Crippen LogP contribution in [0.15, 0.2) is 0 Å². The molecular weight excluding hydrogens is 286 g/mol. The van der Waals surface area contributed by atoms with Gasteiger partial charge >= 0.3 is 0 Å². The molecule has 0 spiro atoms. The number of nitrogens with zero attached hydrogens (tertiary/aromatic N) is 2. The second-order valence-corrected chi connectivity index (χ2v) is 8.00. The number of nitrogens with two attached hydrogens (primary N) is 1. The number of hydrogen-bond acceptors (Lipinski definition) is 3. The maximum atomic E-state index is 13.1. The van der Waals surface area contributed by atoms with Crippen LogP contribution in [0.1, 0.15) is 77.0 Å². The lowest BCUT2D eigenvalue weighted by Crippen LogP contribution is -2.53. The van der Waals surface area contributed by atoms with Gasteiger partial charge in [-0.05, 0) is 38.5 Å². The van der Waals surface area contributed by atoms with Crippen LogP contribution in [-0.4, -0.2) is 53.5 Å². The van der Waals surface area contributed by atoms with E-state index in [1.165, 1.54) is 64.2 Å². The van der Waals surface area contributed by atoms with Gasteiger partial charge in [0, 0.05) is 31.2 Å². The first-order chi connectivity index (χ1) is 11.2. The van der Waals surface area contributed by atoms with Gasteiger partial charge < -0.3 is 10.6 Å². The largest absolute Gasteiger partial charge is 0.336 e. The fourth-order valence-electron chi connectivity index (χ4n) is 4.81. The molecule has 3 fully saturated rings. The molecule has 0 aromatic rings. The van der Waals surface area contributed by atoms with Crippen molar-refractivity contribution in [2.45, 2.75) is 95.2 Å². The van der Waals surface area contributed by atoms with Crippen molar-refractivity contribution in [2.75, 3.05) is 19.6 Å². The molecule has 2 saturated carbocycles. The maximum absolute atomic E-state index is 13.1. The molecule has 0 unspecified atom stereocenters. The molecule has 1 amide bonds. The first kappa shape index (κ1) is 17.2. The third kappa shape index (κ3) is 4.69. The van der Waals surface area contributed by atoms with Crippen LogP contribution in [0.3, 0.4) is 0 Å². The van der Waals surface area contributed by atoms with E-state index in [9.17, 15) is 4.79 Å². The van der Waals surface area contributed by atoms with Gasteiger partial charge in [-0.15, -0.1) is 0 Å². The van der Waals surface area contributed by atoms with Gasteiger partial charge in [0.1, 0.15) is 0 Å². The molecule has 0 atom stereocenters. The Kier molecular flexibility index (Phi) is 6.35. The van der Waals surface area contributed by atoms with Crippen molar-refractivity contribution in [3.05, 3.63) is 0 Å². The summed E-state index contributed by atoms with van der Waals surface area (Å²) < 4.78 is 0. The Morgan fingerprint density at radius 2 is 1.30 bits per heavy atom. The van der Waals surface area contributed by atoms with Gasteiger partial charge in [0.25, 0.3) is 0 Å². The van der Waals surface area contributed by atoms with Gasteiger partial charge in [0.05, 0.1) is 6.54 Å². The summed E-state index contributed by atoms with van der Waals surface area (Å²) in [6.45, 7) is 2.62. The van der Waals surface area contributed by atoms with Crippen molar-refractivity contribution in [2.24, 2.45) is 5.73 Å². The summed E-state index contributed by atoms with van der Waals surface area (Å²) in [4.78, 5) is 17.8. The third-order valence-corrected chi connectivity index (χ3v) is 6.22. The molecule has 132 valence electrons. The van der Waals surface area contributed by atoms with Crippen molar-refractivity contribution in [1.29, 1.82) is 0 Å². The standard InChI is InChI=1S/C19H35N3O/c20-16-11-13-21(14-12-16)15-19(23)22(17-7-3-1-4-8-17)18-9-5-2-6-10-18/h16-18H,1-15,20H2. The van der Waals surface area contributed by atoms with Crippen molar-refractivity contribution in [3.63, 3.8) is 0 Å². The first-order valence-electron chi connectivity index (χ1n) is 10.0. The lowest BCUT2D eigenvalue weighted by Gasteiger charge is -2.43. The Hall–Kier alpha value is -0.610. The Bertz CT molecular complexity index is 349. The normalized spacial score (nSPS) is 26.3. The highest BCUT2D eigenvalue weighted by Crippen LogP contribution is 2.30. The number of likely N-dealkylation sites (tertiary alicyclic amines) is 1. The van der Waals surface area contributed by atoms with E-state index in [0.717, 1.165) is 25.9 Å². The van der Waals surface area contributed by atoms with E-state index in [1.54, 1.807) is 0 Å². The van der Waals surface area contributed by atoms with Crippen LogP contribution in [-0.2, 0) is 4.79 Å². The number of amides is 1. The van der Waals surface area contributed by atoms with E-state index < -0.39 is 0 Å². The smallest absolute Gasteiger partial charge is 0.237 e. The van der Waals surface area contributed by atoms with Crippen LogP contribution in [0.4, 0.5) is 0 Å². The summed E-state index contributed by atoms with van der Waals surface area (Å²) in [7, 11) is 0.